The van der Waals surface area contributed by atoms with Gasteiger partial charge < -0.3 is 19.5 Å². The molecular formula is C24H27FN4O4S. The number of methoxy groups -OCH3 is 2. The Bertz CT molecular complexity index is 1130. The third-order valence-corrected chi connectivity index (χ3v) is 6.56. The largest absolute Gasteiger partial charge is 0.497 e. The number of para-hydroxylation sites is 1. The third-order valence-electron chi connectivity index (χ3n) is 5.50. The summed E-state index contributed by atoms with van der Waals surface area (Å²) in [5.41, 5.74) is 0.771. The van der Waals surface area contributed by atoms with Crippen LogP contribution in [-0.4, -0.2) is 59.9 Å². The SMILES string of the molecule is COc1ccc(C(=O)NCCc2nnc(SC[C@@H]3CCCO3)n2-c2ccccc2F)c(OC)c1. The van der Waals surface area contributed by atoms with E-state index in [1.54, 1.807) is 48.1 Å². The van der Waals surface area contributed by atoms with Crippen LogP contribution < -0.4 is 14.8 Å². The van der Waals surface area contributed by atoms with Crippen molar-refractivity contribution in [3.63, 3.8) is 0 Å². The molecule has 8 nitrogen and oxygen atoms in total. The van der Waals surface area contributed by atoms with Crippen LogP contribution in [0.1, 0.15) is 29.0 Å². The molecule has 2 heterocycles. The van der Waals surface area contributed by atoms with E-state index in [0.29, 0.717) is 40.2 Å². The summed E-state index contributed by atoms with van der Waals surface area (Å²) in [5.74, 6) is 1.64. The summed E-state index contributed by atoms with van der Waals surface area (Å²) in [5, 5.41) is 12.1. The molecule has 1 N–H and O–H groups in total. The van der Waals surface area contributed by atoms with E-state index in [-0.39, 0.29) is 24.4 Å². The lowest BCUT2D eigenvalue weighted by atomic mass is 10.1. The lowest BCUT2D eigenvalue weighted by Crippen LogP contribution is -2.27. The molecule has 0 aliphatic carbocycles. The average molecular weight is 487 g/mol. The number of aromatic nitrogens is 3. The number of hydrogen-bond acceptors (Lipinski definition) is 7. The summed E-state index contributed by atoms with van der Waals surface area (Å²) >= 11 is 1.50. The van der Waals surface area contributed by atoms with Crippen molar-refractivity contribution in [2.75, 3.05) is 33.1 Å². The molecule has 1 amide bonds. The maximum absolute atomic E-state index is 14.7. The predicted octanol–water partition coefficient (Wildman–Crippen LogP) is 3.67. The Balaban J connectivity index is 1.48. The molecule has 1 fully saturated rings. The molecule has 34 heavy (non-hydrogen) atoms. The van der Waals surface area contributed by atoms with Crippen molar-refractivity contribution in [3.8, 4) is 17.2 Å². The molecule has 0 spiro atoms. The van der Waals surface area contributed by atoms with Gasteiger partial charge in [0.2, 0.25) is 0 Å². The minimum atomic E-state index is -0.366. The van der Waals surface area contributed by atoms with Gasteiger partial charge in [0.1, 0.15) is 23.1 Å². The standard InChI is InChI=1S/C24H27FN4O4S/c1-31-16-9-10-18(21(14-16)32-2)23(30)26-12-11-22-27-28-24(34-15-17-6-5-13-33-17)29(22)20-8-4-3-7-19(20)25/h3-4,7-10,14,17H,5-6,11-13,15H2,1-2H3,(H,26,30)/t17-/m0/s1. The molecule has 1 aromatic heterocycles. The summed E-state index contributed by atoms with van der Waals surface area (Å²) in [6, 6.07) is 11.5. The van der Waals surface area contributed by atoms with Crippen molar-refractivity contribution in [2.24, 2.45) is 0 Å². The van der Waals surface area contributed by atoms with E-state index in [4.69, 9.17) is 14.2 Å². The molecule has 2 aromatic carbocycles. The fourth-order valence-electron chi connectivity index (χ4n) is 3.74. The number of nitrogens with zero attached hydrogens (tertiary/aromatic N) is 3. The first-order valence-electron chi connectivity index (χ1n) is 11.0. The van der Waals surface area contributed by atoms with Crippen LogP contribution in [0.4, 0.5) is 4.39 Å². The first-order valence-corrected chi connectivity index (χ1v) is 12.0. The van der Waals surface area contributed by atoms with Crippen LogP contribution in [0.2, 0.25) is 0 Å². The van der Waals surface area contributed by atoms with Crippen LogP contribution in [0, 0.1) is 5.82 Å². The second-order valence-corrected chi connectivity index (χ2v) is 8.69. The zero-order valence-corrected chi connectivity index (χ0v) is 19.9. The highest BCUT2D eigenvalue weighted by Gasteiger charge is 2.21. The van der Waals surface area contributed by atoms with Crippen molar-refractivity contribution in [1.29, 1.82) is 0 Å². The summed E-state index contributed by atoms with van der Waals surface area (Å²) < 4.78 is 32.6. The van der Waals surface area contributed by atoms with E-state index in [1.807, 2.05) is 0 Å². The number of nitrogens with one attached hydrogen (secondary N) is 1. The number of rotatable bonds is 10. The van der Waals surface area contributed by atoms with Crippen LogP contribution in [0.3, 0.4) is 0 Å². The van der Waals surface area contributed by atoms with Crippen LogP contribution in [0.25, 0.3) is 5.69 Å². The molecule has 0 bridgehead atoms. The number of thioether (sulfide) groups is 1. The average Bonchev–Trinajstić information content (AvgIpc) is 3.52. The monoisotopic (exact) mass is 486 g/mol. The Morgan fingerprint density at radius 1 is 1.24 bits per heavy atom. The van der Waals surface area contributed by atoms with E-state index in [9.17, 15) is 9.18 Å². The van der Waals surface area contributed by atoms with Gasteiger partial charge in [-0.2, -0.15) is 0 Å². The van der Waals surface area contributed by atoms with Gasteiger partial charge >= 0.3 is 0 Å². The van der Waals surface area contributed by atoms with Crippen LogP contribution in [0.15, 0.2) is 47.6 Å². The maximum Gasteiger partial charge on any atom is 0.255 e. The zero-order chi connectivity index (χ0) is 23.9. The molecule has 0 radical (unpaired) electrons. The van der Waals surface area contributed by atoms with Crippen molar-refractivity contribution >= 4 is 17.7 Å². The highest BCUT2D eigenvalue weighted by atomic mass is 32.2. The molecule has 4 rings (SSSR count). The first-order chi connectivity index (χ1) is 16.6. The van der Waals surface area contributed by atoms with E-state index in [1.165, 1.54) is 24.9 Å². The fourth-order valence-corrected chi connectivity index (χ4v) is 4.77. The van der Waals surface area contributed by atoms with Gasteiger partial charge in [-0.3, -0.25) is 9.36 Å². The molecule has 0 unspecified atom stereocenters. The second-order valence-electron chi connectivity index (χ2n) is 7.70. The second kappa shape index (κ2) is 11.3. The zero-order valence-electron chi connectivity index (χ0n) is 19.1. The van der Waals surface area contributed by atoms with Crippen molar-refractivity contribution in [3.05, 3.63) is 59.7 Å². The number of carbonyl (C=O) groups excluding carboxylic acids is 1. The molecular weight excluding hydrogens is 459 g/mol. The molecule has 1 saturated heterocycles. The predicted molar refractivity (Wildman–Crippen MR) is 127 cm³/mol. The minimum Gasteiger partial charge on any atom is -0.497 e. The number of carbonyl (C=O) groups is 1. The molecule has 10 heteroatoms. The Hall–Kier alpha value is -3.11. The number of hydrogen-bond donors (Lipinski definition) is 1. The van der Waals surface area contributed by atoms with Crippen molar-refractivity contribution < 1.29 is 23.4 Å². The molecule has 180 valence electrons. The van der Waals surface area contributed by atoms with Gasteiger partial charge in [-0.1, -0.05) is 23.9 Å². The van der Waals surface area contributed by atoms with E-state index >= 15 is 0 Å². The van der Waals surface area contributed by atoms with Gasteiger partial charge in [0.15, 0.2) is 5.16 Å². The maximum atomic E-state index is 14.7. The summed E-state index contributed by atoms with van der Waals surface area (Å²) in [6.45, 7) is 1.06. The highest BCUT2D eigenvalue weighted by Crippen LogP contribution is 2.27. The number of ether oxygens (including phenoxy) is 3. The summed E-state index contributed by atoms with van der Waals surface area (Å²) in [6.07, 6.45) is 2.59. The van der Waals surface area contributed by atoms with Gasteiger partial charge in [0, 0.05) is 31.4 Å². The lowest BCUT2D eigenvalue weighted by Gasteiger charge is -2.13. The minimum absolute atomic E-state index is 0.165. The Kier molecular flexibility index (Phi) is 8.02. The van der Waals surface area contributed by atoms with Gasteiger partial charge in [-0.15, -0.1) is 10.2 Å². The molecule has 1 aliphatic rings. The Morgan fingerprint density at radius 3 is 2.82 bits per heavy atom. The van der Waals surface area contributed by atoms with Gasteiger partial charge in [0.05, 0.1) is 31.6 Å². The highest BCUT2D eigenvalue weighted by molar-refractivity contribution is 7.99. The number of benzene rings is 2. The third kappa shape index (κ3) is 5.51. The summed E-state index contributed by atoms with van der Waals surface area (Å²) in [7, 11) is 3.05. The van der Waals surface area contributed by atoms with Gasteiger partial charge in [-0.25, -0.2) is 4.39 Å². The van der Waals surface area contributed by atoms with Gasteiger partial charge in [0.25, 0.3) is 5.91 Å². The number of amides is 1. The smallest absolute Gasteiger partial charge is 0.255 e. The van der Waals surface area contributed by atoms with E-state index in [2.05, 4.69) is 15.5 Å². The van der Waals surface area contributed by atoms with Crippen molar-refractivity contribution in [1.82, 2.24) is 20.1 Å². The molecule has 3 aromatic rings. The fraction of sp³-hybridized carbons (Fsp3) is 0.375. The van der Waals surface area contributed by atoms with Crippen molar-refractivity contribution in [2.45, 2.75) is 30.5 Å². The molecule has 1 atom stereocenters. The van der Waals surface area contributed by atoms with Crippen LogP contribution >= 0.6 is 11.8 Å². The van der Waals surface area contributed by atoms with Crippen LogP contribution in [0.5, 0.6) is 11.5 Å². The topological polar surface area (TPSA) is 87.5 Å². The van der Waals surface area contributed by atoms with E-state index < -0.39 is 0 Å². The quantitative estimate of drug-likeness (QED) is 0.438. The van der Waals surface area contributed by atoms with Gasteiger partial charge in [-0.05, 0) is 37.1 Å². The number of halogens is 1. The lowest BCUT2D eigenvalue weighted by molar-refractivity contribution is 0.0951. The normalized spacial score (nSPS) is 15.3. The van der Waals surface area contributed by atoms with Crippen LogP contribution in [-0.2, 0) is 11.2 Å². The Labute approximate surface area is 201 Å². The Morgan fingerprint density at radius 2 is 2.09 bits per heavy atom. The molecule has 1 aliphatic heterocycles. The first kappa shape index (κ1) is 24.0. The summed E-state index contributed by atoms with van der Waals surface area (Å²) in [4.78, 5) is 12.7. The van der Waals surface area contributed by atoms with E-state index in [0.717, 1.165) is 25.2 Å². The molecule has 0 saturated carbocycles.